The zero-order chi connectivity index (χ0) is 17.0. The summed E-state index contributed by atoms with van der Waals surface area (Å²) in [5.41, 5.74) is 0.920. The van der Waals surface area contributed by atoms with Crippen molar-refractivity contribution in [2.45, 2.75) is 83.7 Å². The third kappa shape index (κ3) is 7.52. The van der Waals surface area contributed by atoms with E-state index in [-0.39, 0.29) is 11.9 Å². The molecule has 1 aliphatic heterocycles. The normalized spacial score (nSPS) is 17.8. The molecule has 136 valence electrons. The van der Waals surface area contributed by atoms with Crippen molar-refractivity contribution in [1.82, 2.24) is 4.98 Å². The van der Waals surface area contributed by atoms with E-state index in [0.29, 0.717) is 12.5 Å². The van der Waals surface area contributed by atoms with Crippen LogP contribution in [0.3, 0.4) is 0 Å². The predicted molar refractivity (Wildman–Crippen MR) is 96.7 cm³/mol. The monoisotopic (exact) mass is 335 g/mol. The average Bonchev–Trinajstić information content (AvgIpc) is 2.60. The van der Waals surface area contributed by atoms with Gasteiger partial charge in [0.1, 0.15) is 12.4 Å². The van der Waals surface area contributed by atoms with Gasteiger partial charge < -0.3 is 14.6 Å². The molecule has 0 amide bonds. The first-order valence-electron chi connectivity index (χ1n) is 9.72. The van der Waals surface area contributed by atoms with Gasteiger partial charge in [0.05, 0.1) is 6.10 Å². The number of aryl methyl sites for hydroxylation is 1. The smallest absolute Gasteiger partial charge is 0.217 e. The molecule has 4 heteroatoms. The summed E-state index contributed by atoms with van der Waals surface area (Å²) in [7, 11) is 0. The van der Waals surface area contributed by atoms with Crippen LogP contribution < -0.4 is 4.74 Å². The van der Waals surface area contributed by atoms with Crippen molar-refractivity contribution >= 4 is 0 Å². The topological polar surface area (TPSA) is 51.6 Å². The van der Waals surface area contributed by atoms with Gasteiger partial charge in [0.15, 0.2) is 0 Å². The second kappa shape index (κ2) is 11.3. The van der Waals surface area contributed by atoms with E-state index in [1.54, 1.807) is 12.1 Å². The molecule has 0 saturated carbocycles. The molecule has 1 N–H and O–H groups in total. The highest BCUT2D eigenvalue weighted by atomic mass is 16.5. The van der Waals surface area contributed by atoms with Crippen LogP contribution in [0.25, 0.3) is 0 Å². The van der Waals surface area contributed by atoms with Crippen LogP contribution in [0, 0.1) is 0 Å². The number of unbranched alkanes of at least 4 members (excludes halogenated alkanes) is 6. The quantitative estimate of drug-likeness (QED) is 0.576. The minimum Gasteiger partial charge on any atom is -0.508 e. The molecule has 0 radical (unpaired) electrons. The average molecular weight is 335 g/mol. The van der Waals surface area contributed by atoms with Crippen LogP contribution in [-0.2, 0) is 11.2 Å². The van der Waals surface area contributed by atoms with Crippen molar-refractivity contribution in [2.75, 3.05) is 13.2 Å². The van der Waals surface area contributed by atoms with Gasteiger partial charge in [-0.05, 0) is 32.1 Å². The van der Waals surface area contributed by atoms with Crippen molar-refractivity contribution in [1.29, 1.82) is 0 Å². The van der Waals surface area contributed by atoms with Gasteiger partial charge in [0, 0.05) is 24.4 Å². The Morgan fingerprint density at radius 2 is 1.92 bits per heavy atom. The number of rotatable bonds is 11. The second-order valence-electron chi connectivity index (χ2n) is 6.83. The molecule has 2 rings (SSSR count). The Morgan fingerprint density at radius 3 is 2.67 bits per heavy atom. The Labute approximate surface area is 146 Å². The summed E-state index contributed by atoms with van der Waals surface area (Å²) in [4.78, 5) is 4.53. The first kappa shape index (κ1) is 19.0. The van der Waals surface area contributed by atoms with E-state index in [0.717, 1.165) is 38.0 Å². The SMILES string of the molecule is CCCCCCCCCc1cc(O)cc(OCC2CCCCO2)n1. The van der Waals surface area contributed by atoms with Crippen molar-refractivity contribution in [3.63, 3.8) is 0 Å². The highest BCUT2D eigenvalue weighted by Gasteiger charge is 2.15. The lowest BCUT2D eigenvalue weighted by atomic mass is 10.1. The van der Waals surface area contributed by atoms with E-state index in [2.05, 4.69) is 11.9 Å². The van der Waals surface area contributed by atoms with E-state index in [4.69, 9.17) is 9.47 Å². The number of aromatic nitrogens is 1. The second-order valence-corrected chi connectivity index (χ2v) is 6.83. The standard InChI is InChI=1S/C20H33NO3/c1-2-3-4-5-6-7-8-11-17-14-18(22)15-20(21-17)24-16-19-12-9-10-13-23-19/h14-15,19H,2-13,16H2,1H3,(H,21,22). The molecule has 0 bridgehead atoms. The molecular weight excluding hydrogens is 302 g/mol. The van der Waals surface area contributed by atoms with E-state index >= 15 is 0 Å². The zero-order valence-corrected chi connectivity index (χ0v) is 15.1. The van der Waals surface area contributed by atoms with Crippen LogP contribution in [0.2, 0.25) is 0 Å². The first-order chi connectivity index (χ1) is 11.8. The summed E-state index contributed by atoms with van der Waals surface area (Å²) >= 11 is 0. The summed E-state index contributed by atoms with van der Waals surface area (Å²) < 4.78 is 11.4. The molecule has 0 aliphatic carbocycles. The van der Waals surface area contributed by atoms with Gasteiger partial charge in [0.2, 0.25) is 5.88 Å². The summed E-state index contributed by atoms with van der Waals surface area (Å²) in [5, 5.41) is 9.88. The highest BCUT2D eigenvalue weighted by molar-refractivity contribution is 5.29. The molecule has 1 atom stereocenters. The lowest BCUT2D eigenvalue weighted by molar-refractivity contribution is -0.0120. The van der Waals surface area contributed by atoms with E-state index in [1.807, 2.05) is 0 Å². The van der Waals surface area contributed by atoms with Crippen molar-refractivity contribution in [3.05, 3.63) is 17.8 Å². The minimum absolute atomic E-state index is 0.162. The van der Waals surface area contributed by atoms with E-state index < -0.39 is 0 Å². The maximum Gasteiger partial charge on any atom is 0.217 e. The molecule has 1 aliphatic rings. The van der Waals surface area contributed by atoms with Gasteiger partial charge in [-0.3, -0.25) is 0 Å². The molecular formula is C20H33NO3. The van der Waals surface area contributed by atoms with Gasteiger partial charge in [-0.1, -0.05) is 45.4 Å². The molecule has 1 fully saturated rings. The van der Waals surface area contributed by atoms with Crippen molar-refractivity contribution < 1.29 is 14.6 Å². The van der Waals surface area contributed by atoms with Crippen LogP contribution in [0.5, 0.6) is 11.6 Å². The minimum atomic E-state index is 0.162. The lowest BCUT2D eigenvalue weighted by Gasteiger charge is -2.22. The van der Waals surface area contributed by atoms with Crippen molar-refractivity contribution in [3.8, 4) is 11.6 Å². The van der Waals surface area contributed by atoms with Crippen LogP contribution in [-0.4, -0.2) is 29.4 Å². The molecule has 4 nitrogen and oxygen atoms in total. The Kier molecular flexibility index (Phi) is 8.96. The van der Waals surface area contributed by atoms with Crippen LogP contribution in [0.15, 0.2) is 12.1 Å². The van der Waals surface area contributed by atoms with Gasteiger partial charge in [-0.25, -0.2) is 4.98 Å². The third-order valence-electron chi connectivity index (χ3n) is 4.57. The molecule has 1 unspecified atom stereocenters. The Balaban J connectivity index is 1.69. The maximum absolute atomic E-state index is 9.88. The largest absolute Gasteiger partial charge is 0.508 e. The molecule has 1 saturated heterocycles. The van der Waals surface area contributed by atoms with Gasteiger partial charge in [0.25, 0.3) is 0 Å². The first-order valence-corrected chi connectivity index (χ1v) is 9.72. The van der Waals surface area contributed by atoms with Crippen LogP contribution in [0.1, 0.15) is 76.8 Å². The van der Waals surface area contributed by atoms with Gasteiger partial charge >= 0.3 is 0 Å². The number of ether oxygens (including phenoxy) is 2. The molecule has 24 heavy (non-hydrogen) atoms. The lowest BCUT2D eigenvalue weighted by Crippen LogP contribution is -2.26. The Bertz CT molecular complexity index is 458. The van der Waals surface area contributed by atoms with E-state index in [1.165, 1.54) is 44.9 Å². The summed E-state index contributed by atoms with van der Waals surface area (Å²) in [6, 6.07) is 3.35. The molecule has 0 spiro atoms. The summed E-state index contributed by atoms with van der Waals surface area (Å²) in [5.74, 6) is 0.754. The molecule has 2 heterocycles. The fourth-order valence-corrected chi connectivity index (χ4v) is 3.13. The summed E-state index contributed by atoms with van der Waals surface area (Å²) in [6.45, 7) is 3.59. The fourth-order valence-electron chi connectivity index (χ4n) is 3.13. The van der Waals surface area contributed by atoms with Crippen LogP contribution >= 0.6 is 0 Å². The zero-order valence-electron chi connectivity index (χ0n) is 15.1. The number of hydrogen-bond acceptors (Lipinski definition) is 4. The number of nitrogens with zero attached hydrogens (tertiary/aromatic N) is 1. The predicted octanol–water partition coefficient (Wildman–Crippen LogP) is 5.03. The molecule has 1 aromatic heterocycles. The van der Waals surface area contributed by atoms with E-state index in [9.17, 15) is 5.11 Å². The molecule has 0 aromatic carbocycles. The third-order valence-corrected chi connectivity index (χ3v) is 4.57. The van der Waals surface area contributed by atoms with Gasteiger partial charge in [-0.15, -0.1) is 0 Å². The number of hydrogen-bond donors (Lipinski definition) is 1. The van der Waals surface area contributed by atoms with Crippen LogP contribution in [0.4, 0.5) is 0 Å². The number of pyridine rings is 1. The number of aromatic hydroxyl groups is 1. The Hall–Kier alpha value is -1.29. The highest BCUT2D eigenvalue weighted by Crippen LogP contribution is 2.21. The summed E-state index contributed by atoms with van der Waals surface area (Å²) in [6.07, 6.45) is 13.4. The van der Waals surface area contributed by atoms with Gasteiger partial charge in [-0.2, -0.15) is 0 Å². The van der Waals surface area contributed by atoms with Crippen molar-refractivity contribution in [2.24, 2.45) is 0 Å². The fraction of sp³-hybridized carbons (Fsp3) is 0.750. The maximum atomic E-state index is 9.88. The molecule has 1 aromatic rings. The Morgan fingerprint density at radius 1 is 1.12 bits per heavy atom.